The molecule has 24 heavy (non-hydrogen) atoms. The van der Waals surface area contributed by atoms with Crippen molar-refractivity contribution in [2.75, 3.05) is 31.6 Å². The van der Waals surface area contributed by atoms with Crippen LogP contribution in [-0.2, 0) is 4.79 Å². The van der Waals surface area contributed by atoms with Gasteiger partial charge in [-0.25, -0.2) is 0 Å². The molecule has 6 heteroatoms. The summed E-state index contributed by atoms with van der Waals surface area (Å²) < 4.78 is 0. The van der Waals surface area contributed by atoms with E-state index in [0.29, 0.717) is 23.7 Å². The summed E-state index contributed by atoms with van der Waals surface area (Å²) in [6, 6.07) is 7.34. The van der Waals surface area contributed by atoms with Crippen LogP contribution in [-0.4, -0.2) is 38.5 Å². The molecule has 1 atom stereocenters. The lowest BCUT2D eigenvalue weighted by Gasteiger charge is -2.20. The predicted octanol–water partition coefficient (Wildman–Crippen LogP) is 2.21. The second-order valence-electron chi connectivity index (χ2n) is 6.59. The third kappa shape index (κ3) is 4.48. The zero-order valence-electron chi connectivity index (χ0n) is 14.1. The van der Waals surface area contributed by atoms with Crippen molar-refractivity contribution in [1.29, 1.82) is 0 Å². The van der Waals surface area contributed by atoms with E-state index < -0.39 is 0 Å². The van der Waals surface area contributed by atoms with Gasteiger partial charge in [0.1, 0.15) is 0 Å². The molecule has 2 amide bonds. The Morgan fingerprint density at radius 2 is 2.00 bits per heavy atom. The summed E-state index contributed by atoms with van der Waals surface area (Å²) >= 11 is 0. The summed E-state index contributed by atoms with van der Waals surface area (Å²) in [7, 11) is 1.76. The summed E-state index contributed by atoms with van der Waals surface area (Å²) in [5, 5.41) is 6.34. The largest absolute Gasteiger partial charge is 0.352 e. The maximum absolute atomic E-state index is 12.5. The first-order valence-electron chi connectivity index (χ1n) is 8.52. The molecule has 1 aliphatic heterocycles. The lowest BCUT2D eigenvalue weighted by Crippen LogP contribution is -2.32. The Labute approximate surface area is 149 Å². The molecule has 1 unspecified atom stereocenters. The van der Waals surface area contributed by atoms with E-state index in [-0.39, 0.29) is 30.1 Å². The highest BCUT2D eigenvalue weighted by atomic mass is 35.5. The van der Waals surface area contributed by atoms with Gasteiger partial charge in [-0.3, -0.25) is 9.59 Å². The van der Waals surface area contributed by atoms with Gasteiger partial charge < -0.3 is 15.5 Å². The number of para-hydroxylation sites is 1. The first-order valence-corrected chi connectivity index (χ1v) is 8.52. The number of benzene rings is 1. The van der Waals surface area contributed by atoms with Crippen LogP contribution in [0.3, 0.4) is 0 Å². The van der Waals surface area contributed by atoms with Crippen molar-refractivity contribution in [2.45, 2.75) is 25.7 Å². The van der Waals surface area contributed by atoms with Crippen molar-refractivity contribution in [3.8, 4) is 0 Å². The Bertz CT molecular complexity index is 583. The lowest BCUT2D eigenvalue weighted by molar-refractivity contribution is -0.119. The molecule has 1 aromatic rings. The minimum absolute atomic E-state index is 0. The second kappa shape index (κ2) is 8.49. The summed E-state index contributed by atoms with van der Waals surface area (Å²) in [6.07, 6.45) is 4.11. The van der Waals surface area contributed by atoms with Crippen molar-refractivity contribution in [3.05, 3.63) is 29.8 Å². The monoisotopic (exact) mass is 351 g/mol. The quantitative estimate of drug-likeness (QED) is 0.826. The minimum Gasteiger partial charge on any atom is -0.352 e. The fraction of sp³-hybridized carbons (Fsp3) is 0.556. The summed E-state index contributed by atoms with van der Waals surface area (Å²) in [5.41, 5.74) is 1.28. The van der Waals surface area contributed by atoms with Gasteiger partial charge in [0.25, 0.3) is 5.91 Å². The Morgan fingerprint density at radius 1 is 1.25 bits per heavy atom. The standard InChI is InChI=1S/C18H25N3O2.ClH/c1-21(18(23)14-6-7-14)16-5-3-2-4-15(16)17(22)20-11-9-13-8-10-19-12-13;/h2-5,13-14,19H,6-12H2,1H3,(H,20,22);1H. The van der Waals surface area contributed by atoms with Gasteiger partial charge in [0, 0.05) is 19.5 Å². The molecular formula is C18H26ClN3O2. The molecule has 1 saturated carbocycles. The number of halogens is 1. The first-order chi connectivity index (χ1) is 11.2. The SMILES string of the molecule is CN(C(=O)C1CC1)c1ccccc1C(=O)NCCC1CCNC1.Cl. The summed E-state index contributed by atoms with van der Waals surface area (Å²) in [4.78, 5) is 26.4. The average molecular weight is 352 g/mol. The molecule has 2 N–H and O–H groups in total. The maximum atomic E-state index is 12.5. The van der Waals surface area contributed by atoms with Gasteiger partial charge in [0.05, 0.1) is 11.3 Å². The molecule has 2 aliphatic rings. The molecule has 1 aromatic carbocycles. The molecule has 1 saturated heterocycles. The number of hydrogen-bond donors (Lipinski definition) is 2. The molecule has 3 rings (SSSR count). The van der Waals surface area contributed by atoms with Gasteiger partial charge in [-0.15, -0.1) is 12.4 Å². The number of rotatable bonds is 6. The van der Waals surface area contributed by atoms with Gasteiger partial charge in [0.2, 0.25) is 5.91 Å². The van der Waals surface area contributed by atoms with Gasteiger partial charge in [-0.1, -0.05) is 12.1 Å². The van der Waals surface area contributed by atoms with Crippen molar-refractivity contribution in [2.24, 2.45) is 11.8 Å². The predicted molar refractivity (Wildman–Crippen MR) is 97.8 cm³/mol. The fourth-order valence-electron chi connectivity index (χ4n) is 3.13. The zero-order chi connectivity index (χ0) is 16.2. The van der Waals surface area contributed by atoms with Crippen LogP contribution in [0.5, 0.6) is 0 Å². The number of anilines is 1. The highest BCUT2D eigenvalue weighted by molar-refractivity contribution is 6.05. The molecule has 132 valence electrons. The third-order valence-corrected chi connectivity index (χ3v) is 4.77. The normalized spacial score (nSPS) is 19.5. The van der Waals surface area contributed by atoms with E-state index in [1.54, 1.807) is 18.0 Å². The number of carbonyl (C=O) groups excluding carboxylic acids is 2. The van der Waals surface area contributed by atoms with E-state index in [0.717, 1.165) is 32.4 Å². The lowest BCUT2D eigenvalue weighted by atomic mass is 10.1. The van der Waals surface area contributed by atoms with Gasteiger partial charge >= 0.3 is 0 Å². The highest BCUT2D eigenvalue weighted by Gasteiger charge is 2.33. The van der Waals surface area contributed by atoms with Crippen LogP contribution in [0.2, 0.25) is 0 Å². The van der Waals surface area contributed by atoms with Crippen LogP contribution in [0, 0.1) is 11.8 Å². The molecule has 1 heterocycles. The smallest absolute Gasteiger partial charge is 0.253 e. The minimum atomic E-state index is -0.0954. The van der Waals surface area contributed by atoms with Crippen molar-refractivity contribution in [1.82, 2.24) is 10.6 Å². The number of nitrogens with zero attached hydrogens (tertiary/aromatic N) is 1. The average Bonchev–Trinajstić information content (AvgIpc) is 3.30. The molecular weight excluding hydrogens is 326 g/mol. The fourth-order valence-corrected chi connectivity index (χ4v) is 3.13. The Morgan fingerprint density at radius 3 is 2.67 bits per heavy atom. The third-order valence-electron chi connectivity index (χ3n) is 4.77. The number of amides is 2. The van der Waals surface area contributed by atoms with Crippen LogP contribution < -0.4 is 15.5 Å². The molecule has 5 nitrogen and oxygen atoms in total. The van der Waals surface area contributed by atoms with Gasteiger partial charge in [0.15, 0.2) is 0 Å². The Hall–Kier alpha value is -1.59. The highest BCUT2D eigenvalue weighted by Crippen LogP contribution is 2.33. The second-order valence-corrected chi connectivity index (χ2v) is 6.59. The van der Waals surface area contributed by atoms with Crippen LogP contribution in [0.25, 0.3) is 0 Å². The van der Waals surface area contributed by atoms with Crippen molar-refractivity contribution in [3.63, 3.8) is 0 Å². The van der Waals surface area contributed by atoms with Crippen LogP contribution in [0.1, 0.15) is 36.0 Å². The van der Waals surface area contributed by atoms with Gasteiger partial charge in [-0.05, 0) is 56.8 Å². The van der Waals surface area contributed by atoms with Crippen LogP contribution >= 0.6 is 12.4 Å². The molecule has 0 spiro atoms. The van der Waals surface area contributed by atoms with Gasteiger partial charge in [-0.2, -0.15) is 0 Å². The van der Waals surface area contributed by atoms with Crippen molar-refractivity contribution >= 4 is 29.9 Å². The molecule has 2 fully saturated rings. The van der Waals surface area contributed by atoms with Crippen LogP contribution in [0.15, 0.2) is 24.3 Å². The Balaban J connectivity index is 0.00000208. The van der Waals surface area contributed by atoms with Crippen molar-refractivity contribution < 1.29 is 9.59 Å². The molecule has 0 aromatic heterocycles. The number of carbonyl (C=O) groups is 2. The first kappa shape index (κ1) is 18.7. The van der Waals surface area contributed by atoms with E-state index in [4.69, 9.17) is 0 Å². The topological polar surface area (TPSA) is 61.4 Å². The summed E-state index contributed by atoms with van der Waals surface area (Å²) in [5.74, 6) is 0.819. The van der Waals surface area contributed by atoms with E-state index in [9.17, 15) is 9.59 Å². The molecule has 0 radical (unpaired) electrons. The summed E-state index contributed by atoms with van der Waals surface area (Å²) in [6.45, 7) is 2.81. The number of nitrogens with one attached hydrogen (secondary N) is 2. The maximum Gasteiger partial charge on any atom is 0.253 e. The molecule has 1 aliphatic carbocycles. The van der Waals surface area contributed by atoms with E-state index in [1.807, 2.05) is 18.2 Å². The van der Waals surface area contributed by atoms with Crippen LogP contribution in [0.4, 0.5) is 5.69 Å². The Kier molecular flexibility index (Phi) is 6.63. The van der Waals surface area contributed by atoms with E-state index >= 15 is 0 Å². The van der Waals surface area contributed by atoms with E-state index in [1.165, 1.54) is 6.42 Å². The van der Waals surface area contributed by atoms with E-state index in [2.05, 4.69) is 10.6 Å². The number of hydrogen-bond acceptors (Lipinski definition) is 3. The molecule has 0 bridgehead atoms. The zero-order valence-corrected chi connectivity index (χ0v) is 14.9.